The second-order valence-electron chi connectivity index (χ2n) is 4.32. The molecule has 2 aromatic carbocycles. The van der Waals surface area contributed by atoms with Gasteiger partial charge in [-0.25, -0.2) is 4.98 Å². The molecule has 0 aliphatic rings. The van der Waals surface area contributed by atoms with Crippen LogP contribution in [0.3, 0.4) is 0 Å². The minimum atomic E-state index is -0.00815. The fourth-order valence-electron chi connectivity index (χ4n) is 1.92. The number of hydrogen-bond acceptors (Lipinski definition) is 3. The molecule has 0 fully saturated rings. The van der Waals surface area contributed by atoms with E-state index in [4.69, 9.17) is 11.6 Å². The number of carbonyl (C=O) groups excluding carboxylic acids is 1. The van der Waals surface area contributed by atoms with Crippen molar-refractivity contribution in [2.45, 2.75) is 6.42 Å². The Balaban J connectivity index is 1.90. The molecule has 0 bridgehead atoms. The zero-order valence-electron chi connectivity index (χ0n) is 10.3. The van der Waals surface area contributed by atoms with E-state index < -0.39 is 0 Å². The average molecular weight is 367 g/mol. The van der Waals surface area contributed by atoms with Gasteiger partial charge in [0.25, 0.3) is 0 Å². The van der Waals surface area contributed by atoms with Gasteiger partial charge < -0.3 is 0 Å². The van der Waals surface area contributed by atoms with Crippen molar-refractivity contribution < 1.29 is 4.79 Å². The van der Waals surface area contributed by atoms with E-state index in [-0.39, 0.29) is 12.2 Å². The first-order valence-corrected chi connectivity index (χ1v) is 7.95. The summed E-state index contributed by atoms with van der Waals surface area (Å²) in [5.41, 5.74) is 1.67. The zero-order chi connectivity index (χ0) is 14.1. The Morgan fingerprint density at radius 1 is 1.25 bits per heavy atom. The lowest BCUT2D eigenvalue weighted by Crippen LogP contribution is -2.03. The fourth-order valence-corrected chi connectivity index (χ4v) is 3.41. The standard InChI is InChI=1S/C15H9BrClNOS/c16-10-5-6-11(17)9(7-10)8-13(19)15-18-12-3-1-2-4-14(12)20-15/h1-7H,8H2. The van der Waals surface area contributed by atoms with Crippen LogP contribution in [0.1, 0.15) is 15.4 Å². The lowest BCUT2D eigenvalue weighted by Gasteiger charge is -2.02. The lowest BCUT2D eigenvalue weighted by molar-refractivity contribution is 0.0993. The Kier molecular flexibility index (Phi) is 3.87. The summed E-state index contributed by atoms with van der Waals surface area (Å²) in [6.45, 7) is 0. The number of nitrogens with zero attached hydrogens (tertiary/aromatic N) is 1. The third kappa shape index (κ3) is 2.77. The summed E-state index contributed by atoms with van der Waals surface area (Å²) in [5.74, 6) is -0.00815. The molecule has 20 heavy (non-hydrogen) atoms. The zero-order valence-corrected chi connectivity index (χ0v) is 13.4. The Hall–Kier alpha value is -1.23. The van der Waals surface area contributed by atoms with E-state index in [1.54, 1.807) is 6.07 Å². The third-order valence-corrected chi connectivity index (χ3v) is 4.83. The van der Waals surface area contributed by atoms with Gasteiger partial charge in [-0.2, -0.15) is 0 Å². The molecule has 0 N–H and O–H groups in total. The molecule has 0 radical (unpaired) electrons. The van der Waals surface area contributed by atoms with Gasteiger partial charge in [0.15, 0.2) is 10.8 Å². The predicted molar refractivity (Wildman–Crippen MR) is 86.8 cm³/mol. The van der Waals surface area contributed by atoms with Crippen molar-refractivity contribution in [1.29, 1.82) is 0 Å². The molecule has 3 aromatic rings. The highest BCUT2D eigenvalue weighted by Crippen LogP contribution is 2.25. The molecule has 0 unspecified atom stereocenters. The monoisotopic (exact) mass is 365 g/mol. The first kappa shape index (κ1) is 13.7. The summed E-state index contributed by atoms with van der Waals surface area (Å²) in [7, 11) is 0. The van der Waals surface area contributed by atoms with Crippen LogP contribution in [0, 0.1) is 0 Å². The first-order chi connectivity index (χ1) is 9.63. The molecule has 1 heterocycles. The maximum Gasteiger partial charge on any atom is 0.195 e. The van der Waals surface area contributed by atoms with Crippen LogP contribution >= 0.6 is 38.9 Å². The second-order valence-corrected chi connectivity index (χ2v) is 6.68. The quantitative estimate of drug-likeness (QED) is 0.601. The highest BCUT2D eigenvalue weighted by atomic mass is 79.9. The van der Waals surface area contributed by atoms with Gasteiger partial charge in [-0.15, -0.1) is 11.3 Å². The molecule has 0 saturated carbocycles. The number of benzene rings is 2. The number of halogens is 2. The van der Waals surface area contributed by atoms with E-state index in [2.05, 4.69) is 20.9 Å². The topological polar surface area (TPSA) is 30.0 Å². The largest absolute Gasteiger partial charge is 0.291 e. The van der Waals surface area contributed by atoms with E-state index >= 15 is 0 Å². The number of thiazole rings is 1. The predicted octanol–water partition coefficient (Wildman–Crippen LogP) is 5.14. The van der Waals surface area contributed by atoms with Gasteiger partial charge in [0.05, 0.1) is 10.2 Å². The lowest BCUT2D eigenvalue weighted by atomic mass is 10.1. The molecular formula is C15H9BrClNOS. The Morgan fingerprint density at radius 3 is 2.85 bits per heavy atom. The number of Topliss-reactive ketones (excluding diaryl/α,β-unsaturated/α-hetero) is 1. The van der Waals surface area contributed by atoms with Gasteiger partial charge in [0.2, 0.25) is 0 Å². The molecule has 1 aromatic heterocycles. The molecule has 0 spiro atoms. The van der Waals surface area contributed by atoms with Crippen LogP contribution in [0.5, 0.6) is 0 Å². The van der Waals surface area contributed by atoms with Gasteiger partial charge in [-0.05, 0) is 35.9 Å². The van der Waals surface area contributed by atoms with Gasteiger partial charge in [0, 0.05) is 15.9 Å². The maximum atomic E-state index is 12.3. The minimum Gasteiger partial charge on any atom is -0.291 e. The average Bonchev–Trinajstić information content (AvgIpc) is 2.87. The number of aromatic nitrogens is 1. The van der Waals surface area contributed by atoms with Gasteiger partial charge in [-0.3, -0.25) is 4.79 Å². The number of hydrogen-bond donors (Lipinski definition) is 0. The molecule has 0 saturated heterocycles. The third-order valence-electron chi connectivity index (χ3n) is 2.89. The van der Waals surface area contributed by atoms with E-state index in [1.807, 2.05) is 36.4 Å². The minimum absolute atomic E-state index is 0.00815. The summed E-state index contributed by atoms with van der Waals surface area (Å²) < 4.78 is 1.94. The molecule has 100 valence electrons. The maximum absolute atomic E-state index is 12.3. The van der Waals surface area contributed by atoms with Crippen molar-refractivity contribution >= 4 is 54.9 Å². The van der Waals surface area contributed by atoms with Gasteiger partial charge >= 0.3 is 0 Å². The second kappa shape index (κ2) is 5.64. The van der Waals surface area contributed by atoms with E-state index in [1.165, 1.54) is 11.3 Å². The number of carbonyl (C=O) groups is 1. The molecule has 2 nitrogen and oxygen atoms in total. The van der Waals surface area contributed by atoms with E-state index in [0.29, 0.717) is 10.0 Å². The molecule has 0 aliphatic carbocycles. The van der Waals surface area contributed by atoms with Crippen molar-refractivity contribution in [2.24, 2.45) is 0 Å². The van der Waals surface area contributed by atoms with Crippen LogP contribution in [0.25, 0.3) is 10.2 Å². The van der Waals surface area contributed by atoms with Crippen molar-refractivity contribution in [3.63, 3.8) is 0 Å². The summed E-state index contributed by atoms with van der Waals surface area (Å²) in [4.78, 5) is 16.7. The van der Waals surface area contributed by atoms with Crippen molar-refractivity contribution in [3.05, 3.63) is 62.5 Å². The highest BCUT2D eigenvalue weighted by Gasteiger charge is 2.14. The summed E-state index contributed by atoms with van der Waals surface area (Å²) in [6.07, 6.45) is 0.262. The molecule has 0 amide bonds. The van der Waals surface area contributed by atoms with Crippen molar-refractivity contribution in [2.75, 3.05) is 0 Å². The normalized spacial score (nSPS) is 10.9. The van der Waals surface area contributed by atoms with Crippen molar-refractivity contribution in [3.8, 4) is 0 Å². The molecule has 0 atom stereocenters. The Labute approximate surface area is 133 Å². The van der Waals surface area contributed by atoms with Crippen LogP contribution in [0.4, 0.5) is 0 Å². The SMILES string of the molecule is O=C(Cc1cc(Br)ccc1Cl)c1nc2ccccc2s1. The van der Waals surface area contributed by atoms with Crippen LogP contribution in [0.2, 0.25) is 5.02 Å². The number of ketones is 1. The van der Waals surface area contributed by atoms with E-state index in [0.717, 1.165) is 20.3 Å². The summed E-state index contributed by atoms with van der Waals surface area (Å²) >= 11 is 10.9. The summed E-state index contributed by atoms with van der Waals surface area (Å²) in [5, 5.41) is 1.13. The molecule has 5 heteroatoms. The Bertz CT molecular complexity index is 766. The van der Waals surface area contributed by atoms with Gasteiger partial charge in [-0.1, -0.05) is 39.7 Å². The van der Waals surface area contributed by atoms with Crippen LogP contribution in [-0.4, -0.2) is 10.8 Å². The van der Waals surface area contributed by atoms with Crippen LogP contribution < -0.4 is 0 Å². The summed E-state index contributed by atoms with van der Waals surface area (Å²) in [6, 6.07) is 13.3. The first-order valence-electron chi connectivity index (χ1n) is 5.96. The van der Waals surface area contributed by atoms with Crippen LogP contribution in [0.15, 0.2) is 46.9 Å². The number of fused-ring (bicyclic) bond motifs is 1. The smallest absolute Gasteiger partial charge is 0.195 e. The van der Waals surface area contributed by atoms with Crippen LogP contribution in [-0.2, 0) is 6.42 Å². The number of para-hydroxylation sites is 1. The highest BCUT2D eigenvalue weighted by molar-refractivity contribution is 9.10. The fraction of sp³-hybridized carbons (Fsp3) is 0.0667. The van der Waals surface area contributed by atoms with E-state index in [9.17, 15) is 4.79 Å². The van der Waals surface area contributed by atoms with Gasteiger partial charge in [0.1, 0.15) is 0 Å². The Morgan fingerprint density at radius 2 is 2.05 bits per heavy atom. The molecule has 0 aliphatic heterocycles. The molecular weight excluding hydrogens is 358 g/mol. The molecule has 3 rings (SSSR count). The number of rotatable bonds is 3. The van der Waals surface area contributed by atoms with Crippen molar-refractivity contribution in [1.82, 2.24) is 4.98 Å².